The molecule has 0 atom stereocenters. The van der Waals surface area contributed by atoms with Crippen LogP contribution in [0.15, 0.2) is 41.8 Å². The highest BCUT2D eigenvalue weighted by Gasteiger charge is 2.40. The minimum atomic E-state index is -3.83. The summed E-state index contributed by atoms with van der Waals surface area (Å²) >= 11 is 0. The molecule has 0 saturated heterocycles. The van der Waals surface area contributed by atoms with Crippen LogP contribution in [0.25, 0.3) is 0 Å². The van der Waals surface area contributed by atoms with Crippen molar-refractivity contribution in [2.24, 2.45) is 0 Å². The molecular weight excluding hydrogens is 280 g/mol. The second kappa shape index (κ2) is 5.46. The monoisotopic (exact) mass is 294 g/mol. The van der Waals surface area contributed by atoms with Crippen molar-refractivity contribution < 1.29 is 18.0 Å². The van der Waals surface area contributed by atoms with E-state index in [1.54, 1.807) is 12.1 Å². The molecular formula is C13H14N2O4S. The maximum Gasteiger partial charge on any atom is 0.269 e. The highest BCUT2D eigenvalue weighted by atomic mass is 32.2. The van der Waals surface area contributed by atoms with Crippen LogP contribution in [0.4, 0.5) is 0 Å². The fourth-order valence-electron chi connectivity index (χ4n) is 1.93. The third-order valence-corrected chi connectivity index (χ3v) is 4.74. The lowest BCUT2D eigenvalue weighted by atomic mass is 10.2. The SMILES string of the molecule is C=CCNC(=O)CCN1C(=O)c2ccccc2S1(=O)=O. The molecule has 0 bridgehead atoms. The number of carbonyl (C=O) groups is 2. The van der Waals surface area contributed by atoms with Crippen LogP contribution in [0.1, 0.15) is 16.8 Å². The molecule has 0 unspecified atom stereocenters. The summed E-state index contributed by atoms with van der Waals surface area (Å²) in [6, 6.07) is 6.02. The quantitative estimate of drug-likeness (QED) is 0.803. The van der Waals surface area contributed by atoms with Gasteiger partial charge in [-0.15, -0.1) is 6.58 Å². The molecule has 0 fully saturated rings. The Kier molecular flexibility index (Phi) is 3.89. The average molecular weight is 294 g/mol. The number of fused-ring (bicyclic) bond motifs is 1. The van der Waals surface area contributed by atoms with E-state index in [9.17, 15) is 18.0 Å². The summed E-state index contributed by atoms with van der Waals surface area (Å²) in [7, 11) is -3.83. The van der Waals surface area contributed by atoms with Gasteiger partial charge in [0.2, 0.25) is 5.91 Å². The molecule has 6 nitrogen and oxygen atoms in total. The number of nitrogens with zero attached hydrogens (tertiary/aromatic N) is 1. The number of hydrogen-bond acceptors (Lipinski definition) is 4. The zero-order valence-corrected chi connectivity index (χ0v) is 11.5. The highest BCUT2D eigenvalue weighted by Crippen LogP contribution is 2.29. The first-order valence-corrected chi connectivity index (χ1v) is 7.46. The van der Waals surface area contributed by atoms with Crippen molar-refractivity contribution in [2.45, 2.75) is 11.3 Å². The summed E-state index contributed by atoms with van der Waals surface area (Å²) in [6.45, 7) is 3.59. The van der Waals surface area contributed by atoms with Crippen LogP contribution < -0.4 is 5.32 Å². The van der Waals surface area contributed by atoms with Crippen LogP contribution in [0.2, 0.25) is 0 Å². The van der Waals surface area contributed by atoms with Crippen molar-refractivity contribution in [3.05, 3.63) is 42.5 Å². The van der Waals surface area contributed by atoms with Crippen molar-refractivity contribution in [1.29, 1.82) is 0 Å². The first-order valence-electron chi connectivity index (χ1n) is 6.02. The molecule has 2 rings (SSSR count). The largest absolute Gasteiger partial charge is 0.353 e. The predicted molar refractivity (Wildman–Crippen MR) is 72.5 cm³/mol. The van der Waals surface area contributed by atoms with Gasteiger partial charge in [0, 0.05) is 19.5 Å². The molecule has 0 saturated carbocycles. The van der Waals surface area contributed by atoms with Gasteiger partial charge in [0.25, 0.3) is 15.9 Å². The molecule has 106 valence electrons. The number of nitrogens with one attached hydrogen (secondary N) is 1. The third kappa shape index (κ3) is 2.44. The summed E-state index contributed by atoms with van der Waals surface area (Å²) in [5.41, 5.74) is 0.152. The molecule has 0 aliphatic carbocycles. The molecule has 1 heterocycles. The number of benzene rings is 1. The number of carbonyl (C=O) groups excluding carboxylic acids is 2. The van der Waals surface area contributed by atoms with E-state index in [0.29, 0.717) is 6.54 Å². The van der Waals surface area contributed by atoms with Gasteiger partial charge in [-0.05, 0) is 12.1 Å². The minimum absolute atomic E-state index is 0.00324. The lowest BCUT2D eigenvalue weighted by molar-refractivity contribution is -0.120. The summed E-state index contributed by atoms with van der Waals surface area (Å²) in [5, 5.41) is 2.53. The molecule has 2 amide bonds. The van der Waals surface area contributed by atoms with E-state index in [1.807, 2.05) is 0 Å². The van der Waals surface area contributed by atoms with Crippen molar-refractivity contribution in [1.82, 2.24) is 9.62 Å². The Bertz CT molecular complexity index is 667. The zero-order valence-electron chi connectivity index (χ0n) is 10.7. The van der Waals surface area contributed by atoms with Crippen LogP contribution in [0.5, 0.6) is 0 Å². The van der Waals surface area contributed by atoms with Gasteiger partial charge in [-0.2, -0.15) is 0 Å². The van der Waals surface area contributed by atoms with Crippen molar-refractivity contribution in [2.75, 3.05) is 13.1 Å². The van der Waals surface area contributed by atoms with E-state index in [0.717, 1.165) is 4.31 Å². The molecule has 0 aromatic heterocycles. The van der Waals surface area contributed by atoms with Gasteiger partial charge in [0.15, 0.2) is 0 Å². The van der Waals surface area contributed by atoms with E-state index in [4.69, 9.17) is 0 Å². The van der Waals surface area contributed by atoms with Crippen molar-refractivity contribution >= 4 is 21.8 Å². The van der Waals surface area contributed by atoms with E-state index < -0.39 is 15.9 Å². The molecule has 1 aromatic carbocycles. The van der Waals surface area contributed by atoms with Crippen LogP contribution in [-0.4, -0.2) is 37.6 Å². The first-order chi connectivity index (χ1) is 9.48. The molecule has 20 heavy (non-hydrogen) atoms. The summed E-state index contributed by atoms with van der Waals surface area (Å²) in [6.07, 6.45) is 1.44. The number of hydrogen-bond donors (Lipinski definition) is 1. The maximum atomic E-state index is 12.2. The van der Waals surface area contributed by atoms with E-state index >= 15 is 0 Å². The Morgan fingerprint density at radius 1 is 1.35 bits per heavy atom. The Morgan fingerprint density at radius 3 is 2.70 bits per heavy atom. The van der Waals surface area contributed by atoms with Crippen LogP contribution >= 0.6 is 0 Å². The number of sulfonamides is 1. The normalized spacial score (nSPS) is 15.8. The molecule has 0 radical (unpaired) electrons. The van der Waals surface area contributed by atoms with Gasteiger partial charge in [-0.3, -0.25) is 9.59 Å². The van der Waals surface area contributed by atoms with E-state index in [-0.39, 0.29) is 29.3 Å². The highest BCUT2D eigenvalue weighted by molar-refractivity contribution is 7.90. The summed E-state index contributed by atoms with van der Waals surface area (Å²) in [4.78, 5) is 23.5. The van der Waals surface area contributed by atoms with Gasteiger partial charge in [-0.25, -0.2) is 12.7 Å². The van der Waals surface area contributed by atoms with Crippen LogP contribution in [-0.2, 0) is 14.8 Å². The molecule has 1 aromatic rings. The number of rotatable bonds is 5. The maximum absolute atomic E-state index is 12.2. The van der Waals surface area contributed by atoms with E-state index in [2.05, 4.69) is 11.9 Å². The van der Waals surface area contributed by atoms with E-state index in [1.165, 1.54) is 18.2 Å². The third-order valence-electron chi connectivity index (χ3n) is 2.90. The topological polar surface area (TPSA) is 83.6 Å². The fraction of sp³-hybridized carbons (Fsp3) is 0.231. The standard InChI is InChI=1S/C13H14N2O4S/c1-2-8-14-12(16)7-9-15-13(17)10-5-3-4-6-11(10)20(15,18)19/h2-6H,1,7-9H2,(H,14,16). The Labute approximate surface area is 117 Å². The van der Waals surface area contributed by atoms with Gasteiger partial charge < -0.3 is 5.32 Å². The summed E-state index contributed by atoms with van der Waals surface area (Å²) < 4.78 is 25.1. The van der Waals surface area contributed by atoms with Crippen LogP contribution in [0, 0.1) is 0 Å². The van der Waals surface area contributed by atoms with Gasteiger partial charge in [0.05, 0.1) is 5.56 Å². The lowest BCUT2D eigenvalue weighted by Gasteiger charge is -2.14. The van der Waals surface area contributed by atoms with Crippen molar-refractivity contribution in [3.8, 4) is 0 Å². The summed E-state index contributed by atoms with van der Waals surface area (Å²) in [5.74, 6) is -0.916. The first kappa shape index (κ1) is 14.3. The molecule has 1 aliphatic rings. The predicted octanol–water partition coefficient (Wildman–Crippen LogP) is 0.523. The minimum Gasteiger partial charge on any atom is -0.353 e. The lowest BCUT2D eigenvalue weighted by Crippen LogP contribution is -2.34. The van der Waals surface area contributed by atoms with Gasteiger partial charge in [-0.1, -0.05) is 18.2 Å². The number of amides is 2. The second-order valence-corrected chi connectivity index (χ2v) is 6.05. The van der Waals surface area contributed by atoms with Gasteiger partial charge in [0.1, 0.15) is 4.90 Å². The zero-order chi connectivity index (χ0) is 14.8. The van der Waals surface area contributed by atoms with Gasteiger partial charge >= 0.3 is 0 Å². The Morgan fingerprint density at radius 2 is 2.05 bits per heavy atom. The fourth-order valence-corrected chi connectivity index (χ4v) is 3.50. The Hall–Kier alpha value is -2.15. The molecule has 1 N–H and O–H groups in total. The van der Waals surface area contributed by atoms with Crippen molar-refractivity contribution in [3.63, 3.8) is 0 Å². The molecule has 1 aliphatic heterocycles. The van der Waals surface area contributed by atoms with Crippen LogP contribution in [0.3, 0.4) is 0 Å². The molecule has 7 heteroatoms. The second-order valence-electron chi connectivity index (χ2n) is 4.22. The smallest absolute Gasteiger partial charge is 0.269 e. The average Bonchev–Trinajstić information content (AvgIpc) is 2.63. The Balaban J connectivity index is 2.13. The molecule has 0 spiro atoms.